The largest absolute Gasteiger partial charge is 0.398 e. The Morgan fingerprint density at radius 3 is 2.56 bits per heavy atom. The number of nitrogens with two attached hydrogens (primary N) is 1. The number of nitrogen functional groups attached to an aromatic ring is 1. The van der Waals surface area contributed by atoms with Gasteiger partial charge in [0.1, 0.15) is 10.7 Å². The van der Waals surface area contributed by atoms with Crippen LogP contribution >= 0.6 is 0 Å². The van der Waals surface area contributed by atoms with Crippen molar-refractivity contribution in [1.29, 1.82) is 0 Å². The van der Waals surface area contributed by atoms with Crippen molar-refractivity contribution in [2.24, 2.45) is 0 Å². The molecule has 1 aromatic carbocycles. The Labute approximate surface area is 108 Å². The Hall–Kier alpha value is -1.14. The molecule has 0 saturated carbocycles. The van der Waals surface area contributed by atoms with Crippen molar-refractivity contribution >= 4 is 15.7 Å². The maximum Gasteiger partial charge on any atom is 0.245 e. The van der Waals surface area contributed by atoms with Gasteiger partial charge in [-0.15, -0.1) is 0 Å². The molecule has 2 N–H and O–H groups in total. The van der Waals surface area contributed by atoms with E-state index >= 15 is 0 Å². The van der Waals surface area contributed by atoms with Gasteiger partial charge in [-0.1, -0.05) is 20.3 Å². The van der Waals surface area contributed by atoms with Gasteiger partial charge in [0.25, 0.3) is 0 Å². The van der Waals surface area contributed by atoms with Crippen LogP contribution in [-0.4, -0.2) is 25.8 Å². The van der Waals surface area contributed by atoms with Crippen molar-refractivity contribution in [3.63, 3.8) is 0 Å². The molecule has 18 heavy (non-hydrogen) atoms. The summed E-state index contributed by atoms with van der Waals surface area (Å²) in [5.74, 6) is -0.602. The van der Waals surface area contributed by atoms with E-state index in [-0.39, 0.29) is 10.6 Å². The van der Waals surface area contributed by atoms with Crippen LogP contribution in [0.15, 0.2) is 23.1 Å². The topological polar surface area (TPSA) is 63.4 Å². The molecule has 0 amide bonds. The molecule has 0 atom stereocenters. The number of rotatable bonds is 6. The van der Waals surface area contributed by atoms with Gasteiger partial charge >= 0.3 is 0 Å². The van der Waals surface area contributed by atoms with Crippen LogP contribution in [0.4, 0.5) is 10.1 Å². The Morgan fingerprint density at radius 2 is 2.00 bits per heavy atom. The lowest BCUT2D eigenvalue weighted by molar-refractivity contribution is 0.418. The summed E-state index contributed by atoms with van der Waals surface area (Å²) in [4.78, 5) is -0.152. The van der Waals surface area contributed by atoms with E-state index in [1.807, 2.05) is 6.92 Å². The first kappa shape index (κ1) is 14.9. The van der Waals surface area contributed by atoms with E-state index in [2.05, 4.69) is 0 Å². The van der Waals surface area contributed by atoms with Crippen molar-refractivity contribution in [1.82, 2.24) is 4.31 Å². The smallest absolute Gasteiger partial charge is 0.245 e. The van der Waals surface area contributed by atoms with E-state index in [0.717, 1.165) is 25.0 Å². The number of anilines is 1. The molecule has 0 heterocycles. The molecule has 4 nitrogen and oxygen atoms in total. The summed E-state index contributed by atoms with van der Waals surface area (Å²) in [5.41, 5.74) is 5.70. The lowest BCUT2D eigenvalue weighted by atomic mass is 10.3. The molecule has 0 aliphatic carbocycles. The van der Waals surface area contributed by atoms with Crippen LogP contribution in [0.25, 0.3) is 0 Å². The summed E-state index contributed by atoms with van der Waals surface area (Å²) in [7, 11) is -3.71. The van der Waals surface area contributed by atoms with Crippen molar-refractivity contribution in [3.05, 3.63) is 24.0 Å². The SMILES string of the molecule is CCCCN(CC)S(=O)(=O)c1cc(F)ccc1N. The summed E-state index contributed by atoms with van der Waals surface area (Å²) in [6.07, 6.45) is 1.66. The number of nitrogens with zero attached hydrogens (tertiary/aromatic N) is 1. The molecular weight excluding hydrogens is 255 g/mol. The molecule has 0 radical (unpaired) electrons. The highest BCUT2D eigenvalue weighted by molar-refractivity contribution is 7.89. The van der Waals surface area contributed by atoms with Crippen molar-refractivity contribution < 1.29 is 12.8 Å². The fourth-order valence-corrected chi connectivity index (χ4v) is 3.27. The highest BCUT2D eigenvalue weighted by atomic mass is 32.2. The van der Waals surface area contributed by atoms with Crippen molar-refractivity contribution in [2.45, 2.75) is 31.6 Å². The molecule has 0 aromatic heterocycles. The van der Waals surface area contributed by atoms with Gasteiger partial charge in [-0.25, -0.2) is 12.8 Å². The molecule has 0 saturated heterocycles. The zero-order chi connectivity index (χ0) is 13.8. The standard InChI is InChI=1S/C12H19FN2O2S/c1-3-5-8-15(4-2)18(16,17)12-9-10(13)6-7-11(12)14/h6-7,9H,3-5,8,14H2,1-2H3. The quantitative estimate of drug-likeness (QED) is 0.809. The normalized spacial score (nSPS) is 12.0. The molecule has 0 bridgehead atoms. The van der Waals surface area contributed by atoms with Gasteiger partial charge in [-0.05, 0) is 24.6 Å². The molecule has 102 valence electrons. The van der Waals surface area contributed by atoms with Crippen LogP contribution in [0.2, 0.25) is 0 Å². The number of sulfonamides is 1. The number of benzene rings is 1. The summed E-state index contributed by atoms with van der Waals surface area (Å²) in [6.45, 7) is 4.50. The van der Waals surface area contributed by atoms with Crippen LogP contribution in [0.3, 0.4) is 0 Å². The highest BCUT2D eigenvalue weighted by Crippen LogP contribution is 2.23. The fraction of sp³-hybridized carbons (Fsp3) is 0.500. The van der Waals surface area contributed by atoms with Gasteiger partial charge in [-0.2, -0.15) is 4.31 Å². The second kappa shape index (κ2) is 6.15. The molecule has 0 aliphatic heterocycles. The second-order valence-electron chi connectivity index (χ2n) is 4.03. The average molecular weight is 274 g/mol. The Kier molecular flexibility index (Phi) is 5.10. The first-order chi connectivity index (χ1) is 8.43. The molecular formula is C12H19FN2O2S. The monoisotopic (exact) mass is 274 g/mol. The van der Waals surface area contributed by atoms with Crippen LogP contribution in [0, 0.1) is 5.82 Å². The average Bonchev–Trinajstić information content (AvgIpc) is 2.33. The van der Waals surface area contributed by atoms with Gasteiger partial charge in [0.15, 0.2) is 0 Å². The number of hydrogen-bond donors (Lipinski definition) is 1. The van der Waals surface area contributed by atoms with Crippen LogP contribution < -0.4 is 5.73 Å². The fourth-order valence-electron chi connectivity index (χ4n) is 1.65. The Balaban J connectivity index is 3.14. The summed E-state index contributed by atoms with van der Waals surface area (Å²) in [5, 5.41) is 0. The zero-order valence-electron chi connectivity index (χ0n) is 10.7. The van der Waals surface area contributed by atoms with Crippen LogP contribution in [-0.2, 0) is 10.0 Å². The minimum atomic E-state index is -3.71. The second-order valence-corrected chi connectivity index (χ2v) is 5.94. The minimum absolute atomic E-state index is 0.0753. The molecule has 0 unspecified atom stereocenters. The van der Waals surface area contributed by atoms with Crippen molar-refractivity contribution in [2.75, 3.05) is 18.8 Å². The van der Waals surface area contributed by atoms with Crippen LogP contribution in [0.5, 0.6) is 0 Å². The molecule has 1 aromatic rings. The summed E-state index contributed by atoms with van der Waals surface area (Å²) < 4.78 is 39.1. The predicted octanol–water partition coefficient (Wildman–Crippen LogP) is 2.22. The first-order valence-corrected chi connectivity index (χ1v) is 7.42. The van der Waals surface area contributed by atoms with Crippen LogP contribution in [0.1, 0.15) is 26.7 Å². The third kappa shape index (κ3) is 3.20. The molecule has 0 spiro atoms. The highest BCUT2D eigenvalue weighted by Gasteiger charge is 2.25. The maximum atomic E-state index is 13.2. The van der Waals surface area contributed by atoms with E-state index in [0.29, 0.717) is 13.1 Å². The number of halogens is 1. The van der Waals surface area contributed by atoms with Crippen molar-refractivity contribution in [3.8, 4) is 0 Å². The molecule has 0 fully saturated rings. The minimum Gasteiger partial charge on any atom is -0.398 e. The number of unbranched alkanes of at least 4 members (excludes halogenated alkanes) is 1. The number of hydrogen-bond acceptors (Lipinski definition) is 3. The lowest BCUT2D eigenvalue weighted by Crippen LogP contribution is -2.32. The van der Waals surface area contributed by atoms with Gasteiger partial charge in [0.2, 0.25) is 10.0 Å². The maximum absolute atomic E-state index is 13.2. The predicted molar refractivity (Wildman–Crippen MR) is 70.2 cm³/mol. The third-order valence-electron chi connectivity index (χ3n) is 2.71. The van der Waals surface area contributed by atoms with Gasteiger partial charge in [0.05, 0.1) is 5.69 Å². The Morgan fingerprint density at radius 1 is 1.33 bits per heavy atom. The Bertz CT molecular complexity index is 503. The van der Waals surface area contributed by atoms with E-state index in [4.69, 9.17) is 5.73 Å². The summed E-state index contributed by atoms with van der Waals surface area (Å²) >= 11 is 0. The van der Waals surface area contributed by atoms with Gasteiger partial charge in [-0.3, -0.25) is 0 Å². The molecule has 6 heteroatoms. The summed E-state index contributed by atoms with van der Waals surface area (Å²) in [6, 6.07) is 3.39. The third-order valence-corrected chi connectivity index (χ3v) is 4.74. The van der Waals surface area contributed by atoms with E-state index in [1.54, 1.807) is 6.92 Å². The zero-order valence-corrected chi connectivity index (χ0v) is 11.5. The molecule has 1 rings (SSSR count). The van der Waals surface area contributed by atoms with E-state index in [9.17, 15) is 12.8 Å². The van der Waals surface area contributed by atoms with Gasteiger partial charge in [0, 0.05) is 13.1 Å². The van der Waals surface area contributed by atoms with E-state index in [1.165, 1.54) is 10.4 Å². The first-order valence-electron chi connectivity index (χ1n) is 5.98. The van der Waals surface area contributed by atoms with E-state index < -0.39 is 15.8 Å². The molecule has 0 aliphatic rings. The van der Waals surface area contributed by atoms with Gasteiger partial charge < -0.3 is 5.73 Å². The lowest BCUT2D eigenvalue weighted by Gasteiger charge is -2.21.